The highest BCUT2D eigenvalue weighted by Crippen LogP contribution is 2.31. The van der Waals surface area contributed by atoms with Crippen LogP contribution in [0.1, 0.15) is 28.5 Å². The van der Waals surface area contributed by atoms with Gasteiger partial charge in [0.25, 0.3) is 5.91 Å². The lowest BCUT2D eigenvalue weighted by Gasteiger charge is -2.21. The Kier molecular flexibility index (Phi) is 4.72. The van der Waals surface area contributed by atoms with Crippen LogP contribution in [0.3, 0.4) is 0 Å². The smallest absolute Gasteiger partial charge is 0.334 e. The Morgan fingerprint density at radius 2 is 2.04 bits per heavy atom. The van der Waals surface area contributed by atoms with Gasteiger partial charge in [-0.3, -0.25) is 9.48 Å². The van der Waals surface area contributed by atoms with E-state index in [-0.39, 0.29) is 13.1 Å². The lowest BCUT2D eigenvalue weighted by Crippen LogP contribution is -2.31. The van der Waals surface area contributed by atoms with E-state index in [4.69, 9.17) is 0 Å². The van der Waals surface area contributed by atoms with E-state index in [1.54, 1.807) is 13.0 Å². The number of halogens is 4. The van der Waals surface area contributed by atoms with Crippen LogP contribution in [0.25, 0.3) is 0 Å². The van der Waals surface area contributed by atoms with Crippen molar-refractivity contribution in [2.75, 3.05) is 6.54 Å². The van der Waals surface area contributed by atoms with Crippen molar-refractivity contribution >= 4 is 5.91 Å². The molecule has 1 heterocycles. The Balaban J connectivity index is 2.30. The predicted octanol–water partition coefficient (Wildman–Crippen LogP) is 3.24. The van der Waals surface area contributed by atoms with E-state index in [2.05, 4.69) is 5.10 Å². The number of alkyl halides is 3. The second-order valence-electron chi connectivity index (χ2n) is 5.01. The summed E-state index contributed by atoms with van der Waals surface area (Å²) in [6.45, 7) is 1.83. The summed E-state index contributed by atoms with van der Waals surface area (Å²) < 4.78 is 53.1. The molecule has 0 spiro atoms. The molecule has 2 aromatic rings. The van der Waals surface area contributed by atoms with Gasteiger partial charge in [0.2, 0.25) is 0 Å². The number of aromatic nitrogens is 2. The average Bonchev–Trinajstić information content (AvgIpc) is 2.86. The number of nitrogens with zero attached hydrogens (tertiary/aromatic N) is 3. The summed E-state index contributed by atoms with van der Waals surface area (Å²) in [7, 11) is 1.31. The Hall–Kier alpha value is -2.38. The minimum Gasteiger partial charge on any atom is -0.334 e. The number of benzene rings is 1. The number of hydrogen-bond donors (Lipinski definition) is 0. The van der Waals surface area contributed by atoms with E-state index in [0.29, 0.717) is 5.56 Å². The van der Waals surface area contributed by atoms with Gasteiger partial charge in [0.15, 0.2) is 5.69 Å². The molecule has 0 saturated carbocycles. The number of amides is 1. The van der Waals surface area contributed by atoms with Gasteiger partial charge in [-0.15, -0.1) is 0 Å². The molecule has 23 heavy (non-hydrogen) atoms. The molecule has 0 unspecified atom stereocenters. The average molecular weight is 329 g/mol. The number of rotatable bonds is 4. The zero-order valence-corrected chi connectivity index (χ0v) is 12.6. The van der Waals surface area contributed by atoms with Crippen molar-refractivity contribution in [3.8, 4) is 0 Å². The Labute approximate surface area is 130 Å². The second kappa shape index (κ2) is 6.39. The summed E-state index contributed by atoms with van der Waals surface area (Å²) in [6, 6.07) is 5.58. The number of carbonyl (C=O) groups excluding carboxylic acids is 1. The minimum atomic E-state index is -4.72. The van der Waals surface area contributed by atoms with Crippen LogP contribution in [-0.4, -0.2) is 27.1 Å². The van der Waals surface area contributed by atoms with Crippen LogP contribution in [0.5, 0.6) is 0 Å². The molecule has 1 aromatic heterocycles. The van der Waals surface area contributed by atoms with Crippen molar-refractivity contribution in [1.29, 1.82) is 0 Å². The molecule has 0 aliphatic heterocycles. The fourth-order valence-electron chi connectivity index (χ4n) is 2.21. The molecule has 124 valence electrons. The highest BCUT2D eigenvalue weighted by atomic mass is 19.4. The monoisotopic (exact) mass is 329 g/mol. The largest absolute Gasteiger partial charge is 0.435 e. The summed E-state index contributed by atoms with van der Waals surface area (Å²) in [4.78, 5) is 13.6. The normalized spacial score (nSPS) is 11.6. The summed E-state index contributed by atoms with van der Waals surface area (Å²) in [5, 5.41) is 3.32. The molecule has 8 heteroatoms. The second-order valence-corrected chi connectivity index (χ2v) is 5.01. The van der Waals surface area contributed by atoms with Gasteiger partial charge in [-0.05, 0) is 24.6 Å². The molecular weight excluding hydrogens is 314 g/mol. The van der Waals surface area contributed by atoms with Crippen LogP contribution >= 0.6 is 0 Å². The SMILES string of the molecule is CCN(Cc1cccc(F)c1)C(=O)c1cn(C)nc1C(F)(F)F. The third-order valence-corrected chi connectivity index (χ3v) is 3.26. The Morgan fingerprint density at radius 1 is 1.35 bits per heavy atom. The molecule has 0 bridgehead atoms. The Bertz CT molecular complexity index is 709. The van der Waals surface area contributed by atoms with Gasteiger partial charge < -0.3 is 4.90 Å². The van der Waals surface area contributed by atoms with Gasteiger partial charge in [-0.2, -0.15) is 18.3 Å². The zero-order valence-electron chi connectivity index (χ0n) is 12.6. The quantitative estimate of drug-likeness (QED) is 0.808. The van der Waals surface area contributed by atoms with E-state index in [0.717, 1.165) is 10.9 Å². The Morgan fingerprint density at radius 3 is 2.61 bits per heavy atom. The maximum atomic E-state index is 13.2. The third-order valence-electron chi connectivity index (χ3n) is 3.26. The molecule has 1 amide bonds. The van der Waals surface area contributed by atoms with Gasteiger partial charge in [-0.1, -0.05) is 12.1 Å². The number of aryl methyl sites for hydroxylation is 1. The van der Waals surface area contributed by atoms with Crippen molar-refractivity contribution in [2.45, 2.75) is 19.6 Å². The molecule has 0 saturated heterocycles. The van der Waals surface area contributed by atoms with Crippen molar-refractivity contribution in [1.82, 2.24) is 14.7 Å². The van der Waals surface area contributed by atoms with E-state index < -0.39 is 29.2 Å². The molecule has 1 aromatic carbocycles. The standard InChI is InChI=1S/C15H15F4N3O/c1-3-22(8-10-5-4-6-11(16)7-10)14(23)12-9-21(2)20-13(12)15(17,18)19/h4-7,9H,3,8H2,1-2H3. The van der Waals surface area contributed by atoms with Crippen LogP contribution in [-0.2, 0) is 19.8 Å². The molecule has 0 aliphatic carbocycles. The summed E-state index contributed by atoms with van der Waals surface area (Å²) in [6.07, 6.45) is -3.68. The van der Waals surface area contributed by atoms with Gasteiger partial charge in [0.1, 0.15) is 5.82 Å². The number of hydrogen-bond acceptors (Lipinski definition) is 2. The van der Waals surface area contributed by atoms with Crippen LogP contribution in [0, 0.1) is 5.82 Å². The zero-order chi connectivity index (χ0) is 17.2. The van der Waals surface area contributed by atoms with Crippen LogP contribution in [0.4, 0.5) is 17.6 Å². The summed E-state index contributed by atoms with van der Waals surface area (Å²) in [5.41, 5.74) is -1.24. The van der Waals surface area contributed by atoms with E-state index in [1.807, 2.05) is 0 Å². The fraction of sp³-hybridized carbons (Fsp3) is 0.333. The van der Waals surface area contributed by atoms with Crippen molar-refractivity contribution in [2.24, 2.45) is 7.05 Å². The van der Waals surface area contributed by atoms with E-state index in [1.165, 1.54) is 30.1 Å². The van der Waals surface area contributed by atoms with Crippen LogP contribution < -0.4 is 0 Å². The van der Waals surface area contributed by atoms with Gasteiger partial charge in [0.05, 0.1) is 5.56 Å². The molecule has 0 fully saturated rings. The minimum absolute atomic E-state index is 0.0132. The molecular formula is C15H15F4N3O. The van der Waals surface area contributed by atoms with Crippen molar-refractivity contribution < 1.29 is 22.4 Å². The molecule has 0 N–H and O–H groups in total. The first-order chi connectivity index (χ1) is 10.7. The van der Waals surface area contributed by atoms with Gasteiger partial charge >= 0.3 is 6.18 Å². The highest BCUT2D eigenvalue weighted by molar-refractivity contribution is 5.95. The fourth-order valence-corrected chi connectivity index (χ4v) is 2.21. The summed E-state index contributed by atoms with van der Waals surface area (Å²) in [5.74, 6) is -1.26. The van der Waals surface area contributed by atoms with E-state index in [9.17, 15) is 22.4 Å². The first-order valence-electron chi connectivity index (χ1n) is 6.87. The number of carbonyl (C=O) groups is 1. The maximum Gasteiger partial charge on any atom is 0.435 e. The van der Waals surface area contributed by atoms with Gasteiger partial charge in [0, 0.05) is 26.3 Å². The predicted molar refractivity (Wildman–Crippen MR) is 75.0 cm³/mol. The highest BCUT2D eigenvalue weighted by Gasteiger charge is 2.39. The van der Waals surface area contributed by atoms with E-state index >= 15 is 0 Å². The molecule has 0 radical (unpaired) electrons. The van der Waals surface area contributed by atoms with Crippen molar-refractivity contribution in [3.63, 3.8) is 0 Å². The molecule has 0 atom stereocenters. The van der Waals surface area contributed by atoms with Crippen LogP contribution in [0.2, 0.25) is 0 Å². The third kappa shape index (κ3) is 3.88. The molecule has 2 rings (SSSR count). The van der Waals surface area contributed by atoms with Gasteiger partial charge in [-0.25, -0.2) is 4.39 Å². The first-order valence-corrected chi connectivity index (χ1v) is 6.87. The van der Waals surface area contributed by atoms with Crippen LogP contribution in [0.15, 0.2) is 30.5 Å². The molecule has 4 nitrogen and oxygen atoms in total. The summed E-state index contributed by atoms with van der Waals surface area (Å²) >= 11 is 0. The molecule has 0 aliphatic rings. The van der Waals surface area contributed by atoms with Crippen molar-refractivity contribution in [3.05, 3.63) is 53.1 Å². The topological polar surface area (TPSA) is 38.1 Å². The first kappa shape index (κ1) is 17.0. The maximum absolute atomic E-state index is 13.2. The lowest BCUT2D eigenvalue weighted by atomic mass is 10.1. The lowest BCUT2D eigenvalue weighted by molar-refractivity contribution is -0.141.